The Morgan fingerprint density at radius 3 is 2.33 bits per heavy atom. The van der Waals surface area contributed by atoms with Crippen molar-refractivity contribution >= 4 is 50.4 Å². The van der Waals surface area contributed by atoms with Crippen LogP contribution in [0.4, 0.5) is 0 Å². The number of pyridine rings is 1. The van der Waals surface area contributed by atoms with E-state index in [1.165, 1.54) is 26.1 Å². The van der Waals surface area contributed by atoms with Crippen LogP contribution < -0.4 is 4.40 Å². The van der Waals surface area contributed by atoms with Gasteiger partial charge < -0.3 is 0 Å². The molecular weight excluding hydrogens is 427 g/mol. The molecule has 0 saturated heterocycles. The number of hydrogen-bond donors (Lipinski definition) is 0. The Kier molecular flexibility index (Phi) is 4.51. The van der Waals surface area contributed by atoms with Gasteiger partial charge in [-0.05, 0) is 0 Å². The van der Waals surface area contributed by atoms with Crippen molar-refractivity contribution < 1.29 is 4.42 Å². The molecule has 2 nitrogen and oxygen atoms in total. The van der Waals surface area contributed by atoms with E-state index in [1.54, 1.807) is 0 Å². The van der Waals surface area contributed by atoms with Gasteiger partial charge in [0.15, 0.2) is 0 Å². The summed E-state index contributed by atoms with van der Waals surface area (Å²) in [6.45, 7) is 4.42. The van der Waals surface area contributed by atoms with E-state index in [0.717, 1.165) is 27.8 Å². The molecule has 0 spiro atoms. The fourth-order valence-electron chi connectivity index (χ4n) is 4.21. The van der Waals surface area contributed by atoms with Crippen LogP contribution in [0.3, 0.4) is 0 Å². The molecule has 0 aliphatic heterocycles. The second kappa shape index (κ2) is 6.99. The molecule has 150 valence electrons. The van der Waals surface area contributed by atoms with E-state index in [1.807, 2.05) is 6.20 Å². The summed E-state index contributed by atoms with van der Waals surface area (Å²) in [6, 6.07) is 22.1. The summed E-state index contributed by atoms with van der Waals surface area (Å²) >= 11 is -1.87. The first-order chi connectivity index (χ1) is 14.3. The van der Waals surface area contributed by atoms with Gasteiger partial charge in [-0.2, -0.15) is 0 Å². The Hall–Kier alpha value is -2.59. The Morgan fingerprint density at radius 2 is 1.57 bits per heavy atom. The maximum absolute atomic E-state index is 6.55. The van der Waals surface area contributed by atoms with E-state index >= 15 is 0 Å². The fourth-order valence-corrected chi connectivity index (χ4v) is 6.66. The summed E-state index contributed by atoms with van der Waals surface area (Å²) in [6.07, 6.45) is 1.90. The number of furan rings is 1. The number of nitrogens with zero attached hydrogens (tertiary/aromatic N) is 1. The molecule has 0 unspecified atom stereocenters. The minimum absolute atomic E-state index is 0.465. The molecule has 30 heavy (non-hydrogen) atoms. The van der Waals surface area contributed by atoms with Crippen LogP contribution in [-0.4, -0.2) is 18.3 Å². The van der Waals surface area contributed by atoms with Crippen LogP contribution in [0.2, 0.25) is 17.3 Å². The van der Waals surface area contributed by atoms with Crippen LogP contribution in [0, 0.1) is 0 Å². The van der Waals surface area contributed by atoms with Gasteiger partial charge in [-0.25, -0.2) is 0 Å². The predicted octanol–water partition coefficient (Wildman–Crippen LogP) is 7.47. The molecule has 2 aromatic heterocycles. The zero-order valence-electron chi connectivity index (χ0n) is 18.3. The van der Waals surface area contributed by atoms with Crippen molar-refractivity contribution in [3.05, 3.63) is 72.4 Å². The Balaban J connectivity index is 1.78. The number of rotatable bonds is 3. The first-order valence-electron chi connectivity index (χ1n) is 10.7. The van der Waals surface area contributed by atoms with Gasteiger partial charge in [-0.3, -0.25) is 0 Å². The Morgan fingerprint density at radius 1 is 0.800 bits per heavy atom. The van der Waals surface area contributed by atoms with Gasteiger partial charge in [0.05, 0.1) is 0 Å². The molecule has 0 fully saturated rings. The van der Waals surface area contributed by atoms with E-state index in [0.29, 0.717) is 5.92 Å². The summed E-state index contributed by atoms with van der Waals surface area (Å²) in [5, 5.41) is 4.78. The third kappa shape index (κ3) is 3.14. The zero-order chi connectivity index (χ0) is 21.0. The monoisotopic (exact) mass is 455 g/mol. The minimum atomic E-state index is -1.87. The van der Waals surface area contributed by atoms with Gasteiger partial charge in [-0.15, -0.1) is 0 Å². The molecule has 2 heterocycles. The van der Waals surface area contributed by atoms with E-state index in [-0.39, 0.29) is 0 Å². The van der Waals surface area contributed by atoms with Crippen LogP contribution in [0.15, 0.2) is 71.3 Å². The third-order valence-corrected chi connectivity index (χ3v) is 10.4. The van der Waals surface area contributed by atoms with E-state index in [4.69, 9.17) is 4.42 Å². The quantitative estimate of drug-likeness (QED) is 0.265. The first-order valence-corrected chi connectivity index (χ1v) is 18.0. The molecule has 0 N–H and O–H groups in total. The van der Waals surface area contributed by atoms with Crippen LogP contribution in [0.25, 0.3) is 44.0 Å². The van der Waals surface area contributed by atoms with E-state index < -0.39 is 13.3 Å². The van der Waals surface area contributed by atoms with Crippen molar-refractivity contribution in [1.29, 1.82) is 0 Å². The second-order valence-corrected chi connectivity index (χ2v) is 20.2. The maximum atomic E-state index is 6.55. The summed E-state index contributed by atoms with van der Waals surface area (Å²) in [5.41, 5.74) is 5.21. The molecule has 0 amide bonds. The Labute approximate surface area is 180 Å². The molecule has 5 aromatic rings. The van der Waals surface area contributed by atoms with Crippen molar-refractivity contribution in [3.63, 3.8) is 0 Å². The van der Waals surface area contributed by atoms with Crippen molar-refractivity contribution in [3.8, 4) is 11.3 Å². The standard InChI is InChI=1S/C27H27GeNO/c1-17(2)18-13-14-29-25(16-18)24-8-6-7-22-23-11-9-19-15-20(28(3,4)5)10-12-21(19)26(23)30-27(22)24/h6-17H,1-5H3. The van der Waals surface area contributed by atoms with Crippen LogP contribution >= 0.6 is 0 Å². The summed E-state index contributed by atoms with van der Waals surface area (Å²) < 4.78 is 8.07. The number of hydrogen-bond acceptors (Lipinski definition) is 2. The van der Waals surface area contributed by atoms with Gasteiger partial charge in [0.25, 0.3) is 0 Å². The summed E-state index contributed by atoms with van der Waals surface area (Å²) in [5.74, 6) is 7.77. The normalized spacial score (nSPS) is 12.5. The number of para-hydroxylation sites is 1. The van der Waals surface area contributed by atoms with Crippen LogP contribution in [-0.2, 0) is 0 Å². The van der Waals surface area contributed by atoms with Crippen molar-refractivity contribution in [1.82, 2.24) is 4.98 Å². The first kappa shape index (κ1) is 19.4. The molecule has 0 aliphatic rings. The average molecular weight is 454 g/mol. The second-order valence-electron chi connectivity index (χ2n) is 9.54. The van der Waals surface area contributed by atoms with Crippen molar-refractivity contribution in [2.45, 2.75) is 37.0 Å². The van der Waals surface area contributed by atoms with Gasteiger partial charge in [0, 0.05) is 0 Å². The SMILES string of the molecule is CC(C)c1ccnc(-c2cccc3c2oc2c4cc[c]([Ge]([CH3])([CH3])[CH3])cc4ccc32)c1. The third-order valence-electron chi connectivity index (χ3n) is 6.07. The number of aromatic nitrogens is 1. The topological polar surface area (TPSA) is 26.0 Å². The molecule has 5 rings (SSSR count). The number of benzene rings is 3. The molecule has 0 saturated carbocycles. The van der Waals surface area contributed by atoms with Crippen molar-refractivity contribution in [2.24, 2.45) is 0 Å². The average Bonchev–Trinajstić information content (AvgIpc) is 3.12. The molecule has 0 radical (unpaired) electrons. The summed E-state index contributed by atoms with van der Waals surface area (Å²) in [4.78, 5) is 4.66. The van der Waals surface area contributed by atoms with Crippen LogP contribution in [0.1, 0.15) is 25.3 Å². The molecule has 3 heteroatoms. The van der Waals surface area contributed by atoms with Gasteiger partial charge in [0.2, 0.25) is 0 Å². The van der Waals surface area contributed by atoms with Crippen LogP contribution in [0.5, 0.6) is 0 Å². The summed E-state index contributed by atoms with van der Waals surface area (Å²) in [7, 11) is 0. The predicted molar refractivity (Wildman–Crippen MR) is 132 cm³/mol. The van der Waals surface area contributed by atoms with Gasteiger partial charge in [-0.1, -0.05) is 13.8 Å². The molecule has 3 aromatic carbocycles. The van der Waals surface area contributed by atoms with Gasteiger partial charge in [0.1, 0.15) is 0 Å². The molecular formula is C27H27GeNO. The van der Waals surface area contributed by atoms with E-state index in [9.17, 15) is 0 Å². The number of fused-ring (bicyclic) bond motifs is 5. The molecule has 0 bridgehead atoms. The zero-order valence-corrected chi connectivity index (χ0v) is 20.4. The Bertz CT molecular complexity index is 1410. The molecule has 0 aliphatic carbocycles. The van der Waals surface area contributed by atoms with Gasteiger partial charge >= 0.3 is 167 Å². The van der Waals surface area contributed by atoms with Crippen molar-refractivity contribution in [2.75, 3.05) is 0 Å². The van der Waals surface area contributed by atoms with E-state index in [2.05, 4.69) is 96.8 Å². The molecule has 0 atom stereocenters. The fraction of sp³-hybridized carbons (Fsp3) is 0.222.